The van der Waals surface area contributed by atoms with Crippen LogP contribution >= 0.6 is 0 Å². The number of hydrogen-bond donors (Lipinski definition) is 1. The highest BCUT2D eigenvalue weighted by molar-refractivity contribution is 5.85. The van der Waals surface area contributed by atoms with Crippen LogP contribution in [0.5, 0.6) is 0 Å². The minimum absolute atomic E-state index is 0.174. The quantitative estimate of drug-likeness (QED) is 0.702. The SMILES string of the molecule is CCCCc1ccc2[nH]c3ccccc3cc-2c1=O. The average molecular weight is 251 g/mol. The van der Waals surface area contributed by atoms with Crippen LogP contribution in [0.4, 0.5) is 0 Å². The summed E-state index contributed by atoms with van der Waals surface area (Å²) in [6.45, 7) is 2.15. The normalized spacial score (nSPS) is 11.2. The van der Waals surface area contributed by atoms with Gasteiger partial charge in [0.25, 0.3) is 0 Å². The van der Waals surface area contributed by atoms with E-state index in [4.69, 9.17) is 0 Å². The lowest BCUT2D eigenvalue weighted by Crippen LogP contribution is -2.12. The van der Waals surface area contributed by atoms with Gasteiger partial charge in [-0.1, -0.05) is 37.6 Å². The number of para-hydroxylation sites is 1. The number of nitrogens with one attached hydrogen (secondary N) is 1. The Morgan fingerprint density at radius 2 is 1.95 bits per heavy atom. The second-order valence-electron chi connectivity index (χ2n) is 4.98. The minimum atomic E-state index is 0.174. The third-order valence-electron chi connectivity index (χ3n) is 3.61. The molecule has 0 bridgehead atoms. The molecule has 1 aromatic rings. The van der Waals surface area contributed by atoms with Crippen LogP contribution in [0.1, 0.15) is 25.3 Å². The average Bonchev–Trinajstić information content (AvgIpc) is 2.45. The monoisotopic (exact) mass is 251 g/mol. The number of H-pyrrole nitrogens is 1. The Bertz CT molecular complexity index is 742. The Balaban J connectivity index is 2.22. The number of pyridine rings is 1. The fourth-order valence-corrected chi connectivity index (χ4v) is 2.50. The summed E-state index contributed by atoms with van der Waals surface area (Å²) in [5, 5.41) is 1.08. The summed E-state index contributed by atoms with van der Waals surface area (Å²) in [6.07, 6.45) is 3.05. The number of aromatic amines is 1. The van der Waals surface area contributed by atoms with Crippen molar-refractivity contribution in [1.82, 2.24) is 4.98 Å². The molecule has 1 heterocycles. The predicted octanol–water partition coefficient (Wildman–Crippen LogP) is 3.98. The van der Waals surface area contributed by atoms with Crippen LogP contribution in [-0.2, 0) is 6.42 Å². The Morgan fingerprint density at radius 3 is 2.79 bits per heavy atom. The standard InChI is InChI=1S/C17H17NO/c1-2-3-6-12-9-10-16-14(17(12)19)11-13-7-4-5-8-15(13)18-16/h4-5,7-11,18H,2-3,6H2,1H3. The summed E-state index contributed by atoms with van der Waals surface area (Å²) in [5.41, 5.74) is 3.89. The highest BCUT2D eigenvalue weighted by Gasteiger charge is 2.11. The van der Waals surface area contributed by atoms with Gasteiger partial charge in [-0.2, -0.15) is 0 Å². The van der Waals surface area contributed by atoms with Gasteiger partial charge >= 0.3 is 0 Å². The van der Waals surface area contributed by atoms with E-state index >= 15 is 0 Å². The lowest BCUT2D eigenvalue weighted by atomic mass is 9.99. The Kier molecular flexibility index (Phi) is 3.08. The molecular weight excluding hydrogens is 234 g/mol. The molecule has 0 unspecified atom stereocenters. The Labute approximate surface area is 112 Å². The fourth-order valence-electron chi connectivity index (χ4n) is 2.50. The second kappa shape index (κ2) is 4.88. The fraction of sp³-hybridized carbons (Fsp3) is 0.235. The van der Waals surface area contributed by atoms with E-state index in [1.54, 1.807) is 0 Å². The van der Waals surface area contributed by atoms with Crippen molar-refractivity contribution in [3.8, 4) is 11.3 Å². The van der Waals surface area contributed by atoms with Gasteiger partial charge in [0.2, 0.25) is 0 Å². The first-order valence-corrected chi connectivity index (χ1v) is 6.83. The first-order chi connectivity index (χ1) is 9.29. The van der Waals surface area contributed by atoms with Gasteiger partial charge in [0.05, 0.1) is 0 Å². The van der Waals surface area contributed by atoms with Crippen molar-refractivity contribution < 1.29 is 0 Å². The van der Waals surface area contributed by atoms with Gasteiger partial charge in [0, 0.05) is 22.3 Å². The zero-order valence-electron chi connectivity index (χ0n) is 11.1. The molecule has 3 rings (SSSR count). The van der Waals surface area contributed by atoms with Crippen LogP contribution in [0.15, 0.2) is 47.3 Å². The van der Waals surface area contributed by atoms with E-state index in [1.807, 2.05) is 42.5 Å². The van der Waals surface area contributed by atoms with Crippen LogP contribution in [0.25, 0.3) is 22.2 Å². The molecule has 2 heteroatoms. The van der Waals surface area contributed by atoms with Crippen molar-refractivity contribution in [2.24, 2.45) is 0 Å². The van der Waals surface area contributed by atoms with Crippen molar-refractivity contribution in [2.75, 3.05) is 0 Å². The summed E-state index contributed by atoms with van der Waals surface area (Å²) in [5.74, 6) is 0. The third kappa shape index (κ3) is 2.14. The van der Waals surface area contributed by atoms with Crippen LogP contribution in [0.2, 0.25) is 0 Å². The molecule has 0 aromatic heterocycles. The molecule has 0 fully saturated rings. The first-order valence-electron chi connectivity index (χ1n) is 6.83. The van der Waals surface area contributed by atoms with Gasteiger partial charge in [-0.05, 0) is 36.4 Å². The highest BCUT2D eigenvalue weighted by atomic mass is 16.1. The predicted molar refractivity (Wildman–Crippen MR) is 79.8 cm³/mol. The Morgan fingerprint density at radius 1 is 1.11 bits per heavy atom. The van der Waals surface area contributed by atoms with E-state index in [0.29, 0.717) is 0 Å². The maximum atomic E-state index is 12.5. The van der Waals surface area contributed by atoms with Gasteiger partial charge in [-0.3, -0.25) is 4.79 Å². The summed E-state index contributed by atoms with van der Waals surface area (Å²) in [6, 6.07) is 14.0. The molecule has 0 atom stereocenters. The molecule has 2 aliphatic rings. The van der Waals surface area contributed by atoms with Crippen LogP contribution in [0, 0.1) is 0 Å². The van der Waals surface area contributed by atoms with Crippen LogP contribution in [0.3, 0.4) is 0 Å². The van der Waals surface area contributed by atoms with E-state index in [0.717, 1.165) is 47.0 Å². The van der Waals surface area contributed by atoms with E-state index in [9.17, 15) is 4.79 Å². The topological polar surface area (TPSA) is 32.9 Å². The van der Waals surface area contributed by atoms with Crippen LogP contribution in [-0.4, -0.2) is 4.98 Å². The molecule has 1 N–H and O–H groups in total. The smallest absolute Gasteiger partial charge is 0.191 e. The maximum absolute atomic E-state index is 12.5. The lowest BCUT2D eigenvalue weighted by Gasteiger charge is -2.09. The van der Waals surface area contributed by atoms with Gasteiger partial charge in [-0.25, -0.2) is 0 Å². The van der Waals surface area contributed by atoms with Crippen molar-refractivity contribution in [3.05, 3.63) is 58.3 Å². The molecule has 0 saturated heterocycles. The van der Waals surface area contributed by atoms with Gasteiger partial charge in [-0.15, -0.1) is 0 Å². The molecular formula is C17H17NO. The zero-order valence-corrected chi connectivity index (χ0v) is 11.1. The summed E-state index contributed by atoms with van der Waals surface area (Å²) in [4.78, 5) is 15.8. The maximum Gasteiger partial charge on any atom is 0.191 e. The first kappa shape index (κ1) is 12.0. The number of benzene rings is 2. The van der Waals surface area contributed by atoms with Crippen LogP contribution < -0.4 is 5.43 Å². The number of unbranched alkanes of at least 4 members (excludes halogenated alkanes) is 1. The number of fused-ring (bicyclic) bond motifs is 2. The molecule has 0 saturated carbocycles. The zero-order chi connectivity index (χ0) is 13.2. The molecule has 0 spiro atoms. The molecule has 96 valence electrons. The number of hydrogen-bond acceptors (Lipinski definition) is 1. The molecule has 19 heavy (non-hydrogen) atoms. The lowest BCUT2D eigenvalue weighted by molar-refractivity contribution is 0.791. The van der Waals surface area contributed by atoms with Gasteiger partial charge < -0.3 is 4.98 Å². The Hall–Kier alpha value is -2.09. The van der Waals surface area contributed by atoms with Crippen molar-refractivity contribution in [1.29, 1.82) is 0 Å². The number of aryl methyl sites for hydroxylation is 1. The largest absolute Gasteiger partial charge is 0.354 e. The molecule has 1 aliphatic carbocycles. The second-order valence-corrected chi connectivity index (χ2v) is 4.98. The third-order valence-corrected chi connectivity index (χ3v) is 3.61. The van der Waals surface area contributed by atoms with E-state index in [2.05, 4.69) is 11.9 Å². The number of rotatable bonds is 3. The van der Waals surface area contributed by atoms with E-state index in [-0.39, 0.29) is 5.43 Å². The van der Waals surface area contributed by atoms with E-state index < -0.39 is 0 Å². The molecule has 1 aliphatic heterocycles. The van der Waals surface area contributed by atoms with Crippen molar-refractivity contribution in [2.45, 2.75) is 26.2 Å². The number of aromatic nitrogens is 1. The molecule has 1 aromatic carbocycles. The van der Waals surface area contributed by atoms with Crippen molar-refractivity contribution >= 4 is 10.9 Å². The van der Waals surface area contributed by atoms with E-state index in [1.165, 1.54) is 0 Å². The summed E-state index contributed by atoms with van der Waals surface area (Å²) >= 11 is 0. The van der Waals surface area contributed by atoms with Gasteiger partial charge in [0.15, 0.2) is 5.43 Å². The van der Waals surface area contributed by atoms with Gasteiger partial charge in [0.1, 0.15) is 0 Å². The molecule has 0 radical (unpaired) electrons. The summed E-state index contributed by atoms with van der Waals surface area (Å²) in [7, 11) is 0. The molecule has 0 amide bonds. The highest BCUT2D eigenvalue weighted by Crippen LogP contribution is 2.22. The van der Waals surface area contributed by atoms with Crippen molar-refractivity contribution in [3.63, 3.8) is 0 Å². The molecule has 2 nitrogen and oxygen atoms in total. The summed E-state index contributed by atoms with van der Waals surface area (Å²) < 4.78 is 0. The minimum Gasteiger partial charge on any atom is -0.354 e.